The van der Waals surface area contributed by atoms with Crippen molar-refractivity contribution in [2.24, 2.45) is 0 Å². The molecule has 8 nitrogen and oxygen atoms in total. The minimum absolute atomic E-state index is 0.268. The van der Waals surface area contributed by atoms with E-state index in [4.69, 9.17) is 28.9 Å². The highest BCUT2D eigenvalue weighted by molar-refractivity contribution is 7.03. The lowest BCUT2D eigenvalue weighted by molar-refractivity contribution is 0.464. The van der Waals surface area contributed by atoms with Crippen molar-refractivity contribution in [3.63, 3.8) is 0 Å². The Kier molecular flexibility index (Phi) is 12.6. The fourth-order valence-electron chi connectivity index (χ4n) is 18.5. The number of nitrogens with zero attached hydrogens (tertiary/aromatic N) is 4. The van der Waals surface area contributed by atoms with Gasteiger partial charge in [-0.15, -0.1) is 0 Å². The van der Waals surface area contributed by atoms with E-state index < -0.39 is 0 Å². The minimum Gasteiger partial charge on any atom is -0.458 e. The van der Waals surface area contributed by atoms with Gasteiger partial charge in [0.2, 0.25) is 0 Å². The number of benzene rings is 10. The van der Waals surface area contributed by atoms with Crippen molar-refractivity contribution < 1.29 is 18.9 Å². The third-order valence-corrected chi connectivity index (χ3v) is 21.5. The highest BCUT2D eigenvalue weighted by Gasteiger charge is 2.50. The quantitative estimate of drug-likeness (QED) is 0.158. The predicted molar refractivity (Wildman–Crippen MR) is 399 cm³/mol. The van der Waals surface area contributed by atoms with Crippen LogP contribution in [0.25, 0.3) is 33.4 Å². The molecule has 0 saturated heterocycles. The zero-order valence-corrected chi connectivity index (χ0v) is 57.2. The normalized spacial score (nSPS) is 13.6. The Bertz CT molecular complexity index is 5130. The van der Waals surface area contributed by atoms with Crippen molar-refractivity contribution in [1.82, 2.24) is 9.97 Å². The number of fused-ring (bicyclic) bond motifs is 12. The summed E-state index contributed by atoms with van der Waals surface area (Å²) in [7, 11) is 0. The van der Waals surface area contributed by atoms with E-state index in [1.807, 2.05) is 36.9 Å². The van der Waals surface area contributed by atoms with Crippen LogP contribution >= 0.6 is 0 Å². The molecule has 0 unspecified atom stereocenters. The molecule has 18 rings (SSSR count). The average molecular weight is 1240 g/mol. The minimum atomic E-state index is -0.317. The van der Waals surface area contributed by atoms with Crippen LogP contribution in [0.5, 0.6) is 46.0 Å². The van der Waals surface area contributed by atoms with Gasteiger partial charge in [-0.05, 0) is 280 Å². The Morgan fingerprint density at radius 3 is 0.885 bits per heavy atom. The summed E-state index contributed by atoms with van der Waals surface area (Å²) >= 11 is 0. The first-order valence-electron chi connectivity index (χ1n) is 33.7. The summed E-state index contributed by atoms with van der Waals surface area (Å²) in [5, 5.41) is 0. The number of hydrogen-bond donors (Lipinski definition) is 0. The van der Waals surface area contributed by atoms with Crippen LogP contribution in [-0.2, 0) is 0 Å². The van der Waals surface area contributed by atoms with Crippen LogP contribution in [0.2, 0.25) is 0 Å². The van der Waals surface area contributed by atoms with Gasteiger partial charge in [-0.1, -0.05) is 101 Å². The molecule has 0 amide bonds. The zero-order chi connectivity index (χ0) is 65.9. The molecule has 8 heterocycles. The molecular formula is C85H71B3N4O4. The van der Waals surface area contributed by atoms with E-state index in [9.17, 15) is 0 Å². The van der Waals surface area contributed by atoms with Gasteiger partial charge in [0.25, 0.3) is 20.1 Å². The Balaban J connectivity index is 0.965. The molecule has 2 aromatic heterocycles. The van der Waals surface area contributed by atoms with Crippen molar-refractivity contribution in [2.45, 2.75) is 104 Å². The van der Waals surface area contributed by atoms with Crippen LogP contribution in [0.4, 0.5) is 34.1 Å². The molecule has 12 aromatic rings. The zero-order valence-electron chi connectivity index (χ0n) is 57.2. The van der Waals surface area contributed by atoms with Gasteiger partial charge >= 0.3 is 0 Å². The van der Waals surface area contributed by atoms with Gasteiger partial charge in [0, 0.05) is 70.6 Å². The number of hydrogen-bond acceptors (Lipinski definition) is 8. The smallest absolute Gasteiger partial charge is 0.262 e. The van der Waals surface area contributed by atoms with E-state index in [2.05, 4.69) is 235 Å². The molecule has 0 bridgehead atoms. The highest BCUT2D eigenvalue weighted by atomic mass is 16.5. The van der Waals surface area contributed by atoms with Gasteiger partial charge in [0.15, 0.2) is 0 Å². The lowest BCUT2D eigenvalue weighted by atomic mass is 9.29. The third-order valence-electron chi connectivity index (χ3n) is 21.5. The Morgan fingerprint density at radius 1 is 0.260 bits per heavy atom. The van der Waals surface area contributed by atoms with E-state index in [0.717, 1.165) is 130 Å². The van der Waals surface area contributed by atoms with Gasteiger partial charge < -0.3 is 28.7 Å². The van der Waals surface area contributed by atoms with Gasteiger partial charge in [-0.25, -0.2) is 0 Å². The van der Waals surface area contributed by atoms with E-state index in [1.54, 1.807) is 0 Å². The Morgan fingerprint density at radius 2 is 0.552 bits per heavy atom. The fourth-order valence-corrected chi connectivity index (χ4v) is 18.5. The fraction of sp³-hybridized carbons (Fsp3) is 0.176. The Hall–Kier alpha value is -10.5. The second-order valence-electron chi connectivity index (χ2n) is 28.6. The van der Waals surface area contributed by atoms with Crippen LogP contribution < -0.4 is 77.9 Å². The molecule has 6 aliphatic heterocycles. The summed E-state index contributed by atoms with van der Waals surface area (Å²) in [6, 6.07) is 51.0. The summed E-state index contributed by atoms with van der Waals surface area (Å²) in [6.07, 6.45) is 7.70. The third kappa shape index (κ3) is 8.44. The largest absolute Gasteiger partial charge is 0.458 e. The van der Waals surface area contributed by atoms with E-state index in [1.165, 1.54) is 117 Å². The van der Waals surface area contributed by atoms with Crippen LogP contribution in [0.1, 0.15) is 83.5 Å². The molecule has 0 spiro atoms. The average Bonchev–Trinajstić information content (AvgIpc) is 0.683. The standard InChI is InChI=1S/C85H71B3N4O4/c1-42-20-47(6)78(48(7)21-42)57-30-68-81-69(31-57)92(85-55(14)28-46(5)29-56(85)15)67-39-73-63(88-65-41-90-19-17-71(65)94-75-33-59(35-77(96-73)83(75)88)80-51(10)24-44(3)25-52(80)11)37-61(67)86(81)60-36-62-72(38-66(60)91(68)84-53(12)26-45(4)27-54(84)13)95-76-34-58(79-49(8)22-43(2)23-50(79)9)32-74-82(76)87(62)64-40-89-18-16-70(64)93-74/h16-41H,1-15H3. The highest BCUT2D eigenvalue weighted by Crippen LogP contribution is 2.52. The topological polar surface area (TPSA) is 69.2 Å². The van der Waals surface area contributed by atoms with Crippen LogP contribution in [-0.4, -0.2) is 30.1 Å². The summed E-state index contributed by atoms with van der Waals surface area (Å²) in [4.78, 5) is 14.9. The van der Waals surface area contributed by atoms with E-state index in [0.29, 0.717) is 0 Å². The first kappa shape index (κ1) is 58.1. The van der Waals surface area contributed by atoms with E-state index in [-0.39, 0.29) is 20.1 Å². The molecule has 11 heteroatoms. The lowest BCUT2D eigenvalue weighted by Gasteiger charge is -2.47. The molecule has 0 saturated carbocycles. The molecule has 0 aliphatic carbocycles. The summed E-state index contributed by atoms with van der Waals surface area (Å²) < 4.78 is 29.4. The number of rotatable bonds is 5. The van der Waals surface area contributed by atoms with Crippen molar-refractivity contribution in [3.05, 3.63) is 242 Å². The van der Waals surface area contributed by atoms with Gasteiger partial charge in [-0.2, -0.15) is 0 Å². The number of ether oxygens (including phenoxy) is 4. The number of pyridine rings is 2. The lowest BCUT2D eigenvalue weighted by Crippen LogP contribution is -2.65. The summed E-state index contributed by atoms with van der Waals surface area (Å²) in [5.74, 6) is 6.33. The molecular weight excluding hydrogens is 1170 g/mol. The molecule has 464 valence electrons. The van der Waals surface area contributed by atoms with Gasteiger partial charge in [0.1, 0.15) is 46.0 Å². The van der Waals surface area contributed by atoms with Crippen molar-refractivity contribution >= 4 is 103 Å². The molecule has 10 aromatic carbocycles. The maximum atomic E-state index is 7.62. The van der Waals surface area contributed by atoms with Crippen molar-refractivity contribution in [3.8, 4) is 79.4 Å². The SMILES string of the molecule is Cc1cc(C)c(-c2cc3c4c(c2)Oc2cc5c(cc2B4c2cnccc2O3)B2c3cc4c(cc3N(c3c(C)cc(C)cc3C)c3cc(-c6c(C)cc(C)cc6C)cc(c32)N5c2c(C)cc(C)cc2C)Oc2cc(-c3c(C)cc(C)cc3C)cc3c2B4c2cnccc2O3)c(C)c1. The van der Waals surface area contributed by atoms with Crippen LogP contribution in [0.3, 0.4) is 0 Å². The number of anilines is 6. The second kappa shape index (κ2) is 20.7. The summed E-state index contributed by atoms with van der Waals surface area (Å²) in [6.45, 7) is 32.6. The first-order chi connectivity index (χ1) is 46.2. The van der Waals surface area contributed by atoms with Crippen molar-refractivity contribution in [1.29, 1.82) is 0 Å². The molecule has 96 heavy (non-hydrogen) atoms. The van der Waals surface area contributed by atoms with Crippen LogP contribution in [0, 0.1) is 104 Å². The summed E-state index contributed by atoms with van der Waals surface area (Å²) in [5.41, 5.74) is 41.4. The molecule has 0 N–H and O–H groups in total. The predicted octanol–water partition coefficient (Wildman–Crippen LogP) is 15.6. The maximum Gasteiger partial charge on any atom is 0.262 e. The first-order valence-corrected chi connectivity index (χ1v) is 33.7. The van der Waals surface area contributed by atoms with E-state index >= 15 is 0 Å². The molecule has 0 radical (unpaired) electrons. The van der Waals surface area contributed by atoms with Gasteiger partial charge in [0.05, 0.1) is 11.4 Å². The Labute approximate surface area is 563 Å². The molecule has 6 aliphatic rings. The second-order valence-corrected chi connectivity index (χ2v) is 28.6. The van der Waals surface area contributed by atoms with Crippen LogP contribution in [0.15, 0.2) is 158 Å². The monoisotopic (exact) mass is 1240 g/mol. The molecule has 0 atom stereocenters. The maximum absolute atomic E-state index is 7.62. The number of aromatic nitrogens is 2. The molecule has 0 fully saturated rings. The number of aryl methyl sites for hydroxylation is 15. The van der Waals surface area contributed by atoms with Crippen molar-refractivity contribution in [2.75, 3.05) is 9.80 Å². The van der Waals surface area contributed by atoms with Gasteiger partial charge in [-0.3, -0.25) is 9.97 Å².